The van der Waals surface area contributed by atoms with E-state index in [0.29, 0.717) is 42.1 Å². The Morgan fingerprint density at radius 3 is 2.67 bits per heavy atom. The van der Waals surface area contributed by atoms with Crippen LogP contribution in [0.1, 0.15) is 47.8 Å². The quantitative estimate of drug-likeness (QED) is 0.129. The van der Waals surface area contributed by atoms with Gasteiger partial charge in [0.05, 0.1) is 23.5 Å². The topological polar surface area (TPSA) is 181 Å². The van der Waals surface area contributed by atoms with Gasteiger partial charge in [-0.2, -0.15) is 18.3 Å². The van der Waals surface area contributed by atoms with Crippen LogP contribution in [0.5, 0.6) is 0 Å². The molecule has 224 valence electrons. The molecule has 4 rings (SSSR count). The number of H-pyrrole nitrogens is 1. The van der Waals surface area contributed by atoms with Crippen LogP contribution >= 0.6 is 0 Å². The first-order chi connectivity index (χ1) is 20.1. The summed E-state index contributed by atoms with van der Waals surface area (Å²) >= 11 is 0. The van der Waals surface area contributed by atoms with Crippen molar-refractivity contribution in [2.45, 2.75) is 44.8 Å². The van der Waals surface area contributed by atoms with Crippen LogP contribution in [0.15, 0.2) is 43.0 Å². The number of aromatic amines is 1. The van der Waals surface area contributed by atoms with Gasteiger partial charge in [0, 0.05) is 42.9 Å². The first kappa shape index (κ1) is 30.5. The smallest absolute Gasteiger partial charge is 0.353 e. The summed E-state index contributed by atoms with van der Waals surface area (Å²) < 4.78 is 41.7. The number of unbranched alkanes of at least 4 members (excludes halogenated alkanes) is 1. The summed E-state index contributed by atoms with van der Waals surface area (Å²) in [6, 6.07) is 4.55. The average molecular weight is 587 g/mol. The third kappa shape index (κ3) is 7.03. The number of fused-ring (bicyclic) bond motifs is 1. The van der Waals surface area contributed by atoms with Crippen LogP contribution in [0.2, 0.25) is 0 Å². The van der Waals surface area contributed by atoms with Gasteiger partial charge in [-0.3, -0.25) is 19.1 Å². The monoisotopic (exact) mass is 586 g/mol. The molecule has 42 heavy (non-hydrogen) atoms. The zero-order chi connectivity index (χ0) is 30.3. The summed E-state index contributed by atoms with van der Waals surface area (Å²) in [6.45, 7) is 2.92. The lowest BCUT2D eigenvalue weighted by Crippen LogP contribution is -2.43. The number of amides is 2. The number of halogens is 3. The predicted molar refractivity (Wildman–Crippen MR) is 151 cm³/mol. The molecule has 2 amide bonds. The van der Waals surface area contributed by atoms with E-state index in [0.717, 1.165) is 18.4 Å². The number of benzene rings is 1. The standard InChI is InChI=1S/C27H33F3N10O2/c1-2-16-13-17(6-7-18(16)25(41)34-9-10-35-26(42)20(32)5-3-4-8-31)38-23-24-36-15-21(40(24)12-11-33-23)19-14-37-39-22(19)27(28,29)30/h6-7,11-15,20H,2-5,8-10,31-32H2,1H3,(H,33,38)(H,34,41)(H,35,42)(H,37,39). The van der Waals surface area contributed by atoms with Crippen molar-refractivity contribution in [3.8, 4) is 11.3 Å². The van der Waals surface area contributed by atoms with Gasteiger partial charge >= 0.3 is 6.18 Å². The van der Waals surface area contributed by atoms with Crippen molar-refractivity contribution in [2.75, 3.05) is 25.0 Å². The van der Waals surface area contributed by atoms with Gasteiger partial charge in [-0.05, 0) is 49.6 Å². The minimum absolute atomic E-state index is 0.138. The Morgan fingerprint density at radius 1 is 1.14 bits per heavy atom. The molecule has 0 saturated heterocycles. The van der Waals surface area contributed by atoms with Crippen LogP contribution < -0.4 is 27.4 Å². The zero-order valence-corrected chi connectivity index (χ0v) is 23.0. The molecule has 1 aromatic carbocycles. The van der Waals surface area contributed by atoms with E-state index in [1.54, 1.807) is 18.2 Å². The molecule has 0 bridgehead atoms. The number of aryl methyl sites for hydroxylation is 1. The molecule has 0 saturated carbocycles. The van der Waals surface area contributed by atoms with E-state index in [1.807, 2.05) is 6.92 Å². The van der Waals surface area contributed by atoms with Crippen LogP contribution in [0, 0.1) is 0 Å². The Kier molecular flexibility index (Phi) is 9.75. The predicted octanol–water partition coefficient (Wildman–Crippen LogP) is 2.75. The van der Waals surface area contributed by atoms with Crippen LogP contribution in [-0.4, -0.2) is 62.1 Å². The van der Waals surface area contributed by atoms with Gasteiger partial charge in [0.2, 0.25) is 5.91 Å². The minimum atomic E-state index is -4.63. The van der Waals surface area contributed by atoms with Crippen molar-refractivity contribution in [1.82, 2.24) is 35.2 Å². The summed E-state index contributed by atoms with van der Waals surface area (Å²) in [5, 5.41) is 14.3. The maximum atomic E-state index is 13.4. The number of anilines is 2. The summed E-state index contributed by atoms with van der Waals surface area (Å²) in [5.41, 5.74) is 12.5. The third-order valence-corrected chi connectivity index (χ3v) is 6.62. The normalized spacial score (nSPS) is 12.3. The largest absolute Gasteiger partial charge is 0.435 e. The van der Waals surface area contributed by atoms with Gasteiger partial charge in [0.1, 0.15) is 0 Å². The fourth-order valence-corrected chi connectivity index (χ4v) is 4.46. The van der Waals surface area contributed by atoms with Crippen molar-refractivity contribution >= 4 is 29.0 Å². The Bertz CT molecular complexity index is 1530. The lowest BCUT2D eigenvalue weighted by molar-refractivity contribution is -0.140. The van der Waals surface area contributed by atoms with Crippen LogP contribution in [0.4, 0.5) is 24.7 Å². The SMILES string of the molecule is CCc1cc(Nc2nccn3c(-c4c[nH]nc4C(F)(F)F)cnc23)ccc1C(=O)NCCNC(=O)C(N)CCCCN. The molecule has 0 aliphatic heterocycles. The van der Waals surface area contributed by atoms with Gasteiger partial charge in [-0.25, -0.2) is 9.97 Å². The van der Waals surface area contributed by atoms with Gasteiger partial charge in [0.25, 0.3) is 5.91 Å². The van der Waals surface area contributed by atoms with E-state index in [9.17, 15) is 22.8 Å². The summed E-state index contributed by atoms with van der Waals surface area (Å²) in [4.78, 5) is 33.5. The van der Waals surface area contributed by atoms with E-state index in [4.69, 9.17) is 11.5 Å². The van der Waals surface area contributed by atoms with Crippen LogP contribution in [-0.2, 0) is 17.4 Å². The molecular formula is C27H33F3N10O2. The first-order valence-electron chi connectivity index (χ1n) is 13.5. The number of rotatable bonds is 13. The number of nitrogens with one attached hydrogen (secondary N) is 4. The molecule has 15 heteroatoms. The maximum absolute atomic E-state index is 13.4. The van der Waals surface area contributed by atoms with Gasteiger partial charge in [-0.15, -0.1) is 0 Å². The molecule has 0 fully saturated rings. The van der Waals surface area contributed by atoms with E-state index >= 15 is 0 Å². The van der Waals surface area contributed by atoms with Crippen molar-refractivity contribution in [3.63, 3.8) is 0 Å². The van der Waals surface area contributed by atoms with E-state index < -0.39 is 17.9 Å². The van der Waals surface area contributed by atoms with E-state index in [1.165, 1.54) is 29.2 Å². The molecule has 3 heterocycles. The maximum Gasteiger partial charge on any atom is 0.435 e. The molecule has 1 atom stereocenters. The molecule has 12 nitrogen and oxygen atoms in total. The molecule has 1 unspecified atom stereocenters. The summed E-state index contributed by atoms with van der Waals surface area (Å²) in [7, 11) is 0. The number of aromatic nitrogens is 5. The number of nitrogens with two attached hydrogens (primary N) is 2. The molecular weight excluding hydrogens is 553 g/mol. The average Bonchev–Trinajstić information content (AvgIpc) is 3.63. The number of hydrogen-bond acceptors (Lipinski definition) is 8. The number of carbonyl (C=O) groups excluding carboxylic acids is 2. The zero-order valence-electron chi connectivity index (χ0n) is 23.0. The fraction of sp³-hybridized carbons (Fsp3) is 0.370. The Labute approximate surface area is 239 Å². The number of hydrogen-bond donors (Lipinski definition) is 6. The van der Waals surface area contributed by atoms with Crippen LogP contribution in [0.3, 0.4) is 0 Å². The second kappa shape index (κ2) is 13.4. The van der Waals surface area contributed by atoms with Gasteiger partial charge in [-0.1, -0.05) is 13.3 Å². The lowest BCUT2D eigenvalue weighted by Gasteiger charge is -2.14. The minimum Gasteiger partial charge on any atom is -0.353 e. The van der Waals surface area contributed by atoms with Gasteiger partial charge < -0.3 is 27.4 Å². The van der Waals surface area contributed by atoms with Crippen molar-refractivity contribution in [1.29, 1.82) is 0 Å². The second-order valence-electron chi connectivity index (χ2n) is 9.55. The Morgan fingerprint density at radius 2 is 1.93 bits per heavy atom. The van der Waals surface area contributed by atoms with Crippen molar-refractivity contribution in [3.05, 3.63) is 59.8 Å². The molecule has 0 aliphatic carbocycles. The highest BCUT2D eigenvalue weighted by molar-refractivity contribution is 5.96. The highest BCUT2D eigenvalue weighted by Crippen LogP contribution is 2.36. The molecule has 3 aromatic heterocycles. The number of imidazole rings is 1. The molecule has 4 aromatic rings. The van der Waals surface area contributed by atoms with E-state index in [2.05, 4.69) is 36.1 Å². The first-order valence-corrected chi connectivity index (χ1v) is 13.5. The van der Waals surface area contributed by atoms with Gasteiger partial charge in [0.15, 0.2) is 17.2 Å². The fourth-order valence-electron chi connectivity index (χ4n) is 4.46. The molecule has 0 aliphatic rings. The number of nitrogens with zero attached hydrogens (tertiary/aromatic N) is 4. The lowest BCUT2D eigenvalue weighted by atomic mass is 10.0. The number of alkyl halides is 3. The summed E-state index contributed by atoms with van der Waals surface area (Å²) in [6.07, 6.45) is 3.50. The third-order valence-electron chi connectivity index (χ3n) is 6.62. The Balaban J connectivity index is 1.41. The number of carbonyl (C=O) groups is 2. The second-order valence-corrected chi connectivity index (χ2v) is 9.55. The Hall–Kier alpha value is -4.50. The highest BCUT2D eigenvalue weighted by Gasteiger charge is 2.37. The molecule has 0 spiro atoms. The molecule has 0 radical (unpaired) electrons. The summed E-state index contributed by atoms with van der Waals surface area (Å²) in [5.74, 6) is -0.250. The van der Waals surface area contributed by atoms with Crippen molar-refractivity contribution in [2.24, 2.45) is 11.5 Å². The molecule has 8 N–H and O–H groups in total. The van der Waals surface area contributed by atoms with Crippen LogP contribution in [0.25, 0.3) is 16.9 Å². The van der Waals surface area contributed by atoms with Crippen molar-refractivity contribution < 1.29 is 22.8 Å². The highest BCUT2D eigenvalue weighted by atomic mass is 19.4. The van der Waals surface area contributed by atoms with E-state index in [-0.39, 0.29) is 36.2 Å².